The van der Waals surface area contributed by atoms with E-state index in [1.54, 1.807) is 17.0 Å². The molecule has 3 aliphatic heterocycles. The van der Waals surface area contributed by atoms with E-state index in [1.165, 1.54) is 31.4 Å². The van der Waals surface area contributed by atoms with Crippen LogP contribution in [0.4, 0.5) is 9.18 Å². The molecule has 1 aromatic rings. The Morgan fingerprint density at radius 2 is 2.04 bits per heavy atom. The van der Waals surface area contributed by atoms with Gasteiger partial charge in [-0.05, 0) is 49.3 Å². The molecule has 6 heteroatoms. The molecule has 3 amide bonds. The first-order valence-corrected chi connectivity index (χ1v) is 9.68. The summed E-state index contributed by atoms with van der Waals surface area (Å²) in [6.07, 6.45) is 5.57. The minimum Gasteiger partial charge on any atom is -0.337 e. The minimum atomic E-state index is -0.304. The summed E-state index contributed by atoms with van der Waals surface area (Å²) in [6, 6.07) is 6.22. The van der Waals surface area contributed by atoms with Crippen molar-refractivity contribution >= 4 is 11.9 Å². The number of piperidine rings is 1. The number of nitrogens with zero attached hydrogens (tertiary/aromatic N) is 2. The molecule has 0 aromatic heterocycles. The Hall–Kier alpha value is -2.11. The molecule has 5 rings (SSSR count). The Balaban J connectivity index is 1.38. The van der Waals surface area contributed by atoms with E-state index in [0.29, 0.717) is 25.6 Å². The van der Waals surface area contributed by atoms with Gasteiger partial charge in [-0.3, -0.25) is 4.79 Å². The number of hydrogen-bond donors (Lipinski definition) is 1. The van der Waals surface area contributed by atoms with E-state index < -0.39 is 0 Å². The molecular weight excluding hydrogens is 333 g/mol. The fourth-order valence-corrected chi connectivity index (χ4v) is 4.34. The number of urea groups is 1. The minimum absolute atomic E-state index is 0.0752. The smallest absolute Gasteiger partial charge is 0.317 e. The van der Waals surface area contributed by atoms with E-state index in [0.717, 1.165) is 24.9 Å². The van der Waals surface area contributed by atoms with Gasteiger partial charge >= 0.3 is 6.03 Å². The highest BCUT2D eigenvalue weighted by atomic mass is 19.1. The number of benzene rings is 1. The van der Waals surface area contributed by atoms with Crippen LogP contribution < -0.4 is 5.32 Å². The zero-order valence-corrected chi connectivity index (χ0v) is 15.0. The highest BCUT2D eigenvalue weighted by Crippen LogP contribution is 2.33. The average Bonchev–Trinajstić information content (AvgIpc) is 2.88. The first-order chi connectivity index (χ1) is 12.6. The predicted octanol–water partition coefficient (Wildman–Crippen LogP) is 2.76. The van der Waals surface area contributed by atoms with E-state index in [2.05, 4.69) is 10.2 Å². The molecule has 3 heterocycles. The standard InChI is InChI=1S/C20H26FN3O2/c21-17-6-2-5-15(9-17)10-22-20(26)23-12-16-7-8-18(13-23)24(19(16)25)11-14-3-1-4-14/h2,5-6,9,14,16,18H,1,3-4,7-8,10-13H2,(H,22,26). The van der Waals surface area contributed by atoms with Gasteiger partial charge in [0.25, 0.3) is 0 Å². The molecule has 4 aliphatic rings. The molecule has 4 fully saturated rings. The summed E-state index contributed by atoms with van der Waals surface area (Å²) in [5, 5.41) is 2.88. The van der Waals surface area contributed by atoms with Crippen LogP contribution in [0.1, 0.15) is 37.7 Å². The summed E-state index contributed by atoms with van der Waals surface area (Å²) < 4.78 is 13.3. The first-order valence-electron chi connectivity index (χ1n) is 9.68. The van der Waals surface area contributed by atoms with Crippen LogP contribution in [0.25, 0.3) is 0 Å². The Morgan fingerprint density at radius 3 is 2.77 bits per heavy atom. The highest BCUT2D eigenvalue weighted by Gasteiger charge is 2.42. The van der Waals surface area contributed by atoms with Gasteiger partial charge in [-0.15, -0.1) is 0 Å². The third-order valence-corrected chi connectivity index (χ3v) is 6.09. The molecule has 1 aromatic carbocycles. The van der Waals surface area contributed by atoms with Crippen molar-refractivity contribution in [2.75, 3.05) is 19.6 Å². The van der Waals surface area contributed by atoms with Gasteiger partial charge < -0.3 is 15.1 Å². The van der Waals surface area contributed by atoms with Crippen molar-refractivity contribution in [1.29, 1.82) is 0 Å². The van der Waals surface area contributed by atoms with Gasteiger partial charge in [-0.25, -0.2) is 9.18 Å². The molecule has 2 atom stereocenters. The largest absolute Gasteiger partial charge is 0.337 e. The monoisotopic (exact) mass is 359 g/mol. The zero-order valence-electron chi connectivity index (χ0n) is 15.0. The van der Waals surface area contributed by atoms with E-state index in [1.807, 2.05) is 0 Å². The van der Waals surface area contributed by atoms with Gasteiger partial charge in [-0.2, -0.15) is 0 Å². The summed E-state index contributed by atoms with van der Waals surface area (Å²) in [5.74, 6) is 0.498. The summed E-state index contributed by atoms with van der Waals surface area (Å²) in [5.41, 5.74) is 0.735. The average molecular weight is 359 g/mol. The summed E-state index contributed by atoms with van der Waals surface area (Å²) in [7, 11) is 0. The summed E-state index contributed by atoms with van der Waals surface area (Å²) in [6.45, 7) is 2.25. The predicted molar refractivity (Wildman–Crippen MR) is 95.8 cm³/mol. The fourth-order valence-electron chi connectivity index (χ4n) is 4.34. The molecule has 26 heavy (non-hydrogen) atoms. The third-order valence-electron chi connectivity index (χ3n) is 6.09. The lowest BCUT2D eigenvalue weighted by Crippen LogP contribution is -2.50. The Morgan fingerprint density at radius 1 is 1.19 bits per heavy atom. The second-order valence-corrected chi connectivity index (χ2v) is 7.91. The van der Waals surface area contributed by atoms with Gasteiger partial charge in [0.1, 0.15) is 5.82 Å². The molecule has 0 radical (unpaired) electrons. The molecule has 1 saturated carbocycles. The van der Waals surface area contributed by atoms with E-state index >= 15 is 0 Å². The summed E-state index contributed by atoms with van der Waals surface area (Å²) >= 11 is 0. The molecule has 5 nitrogen and oxygen atoms in total. The van der Waals surface area contributed by atoms with Gasteiger partial charge in [0.2, 0.25) is 5.91 Å². The van der Waals surface area contributed by atoms with Gasteiger partial charge in [-0.1, -0.05) is 18.6 Å². The van der Waals surface area contributed by atoms with Crippen molar-refractivity contribution in [3.63, 3.8) is 0 Å². The molecule has 140 valence electrons. The number of hydrogen-bond acceptors (Lipinski definition) is 2. The number of amides is 3. The Bertz CT molecular complexity index is 691. The number of carbonyl (C=O) groups excluding carboxylic acids is 2. The molecule has 3 saturated heterocycles. The topological polar surface area (TPSA) is 52.7 Å². The van der Waals surface area contributed by atoms with E-state index in [4.69, 9.17) is 0 Å². The highest BCUT2D eigenvalue weighted by molar-refractivity contribution is 5.82. The molecule has 2 unspecified atom stereocenters. The van der Waals surface area contributed by atoms with Crippen molar-refractivity contribution < 1.29 is 14.0 Å². The second kappa shape index (κ2) is 7.25. The number of nitrogens with one attached hydrogen (secondary N) is 1. The molecular formula is C20H26FN3O2. The number of rotatable bonds is 4. The van der Waals surface area contributed by atoms with E-state index in [-0.39, 0.29) is 29.7 Å². The maximum atomic E-state index is 13.3. The van der Waals surface area contributed by atoms with Crippen LogP contribution in [-0.2, 0) is 11.3 Å². The van der Waals surface area contributed by atoms with Gasteiger partial charge in [0.15, 0.2) is 0 Å². The molecule has 1 aliphatic carbocycles. The lowest BCUT2D eigenvalue weighted by atomic mass is 9.83. The molecule has 2 bridgehead atoms. The zero-order chi connectivity index (χ0) is 18.1. The lowest BCUT2D eigenvalue weighted by Gasteiger charge is -2.40. The molecule has 0 spiro atoms. The van der Waals surface area contributed by atoms with Crippen LogP contribution in [0, 0.1) is 17.7 Å². The second-order valence-electron chi connectivity index (χ2n) is 7.91. The maximum Gasteiger partial charge on any atom is 0.317 e. The van der Waals surface area contributed by atoms with Crippen molar-refractivity contribution in [3.8, 4) is 0 Å². The Labute approximate surface area is 153 Å². The van der Waals surface area contributed by atoms with Crippen LogP contribution in [0.5, 0.6) is 0 Å². The van der Waals surface area contributed by atoms with Crippen molar-refractivity contribution in [2.45, 2.75) is 44.7 Å². The van der Waals surface area contributed by atoms with Crippen LogP contribution >= 0.6 is 0 Å². The quantitative estimate of drug-likeness (QED) is 0.899. The van der Waals surface area contributed by atoms with Crippen molar-refractivity contribution in [2.24, 2.45) is 11.8 Å². The third kappa shape index (κ3) is 3.55. The number of halogens is 1. The normalized spacial score (nSPS) is 25.8. The molecule has 1 N–H and O–H groups in total. The van der Waals surface area contributed by atoms with Crippen LogP contribution in [-0.4, -0.2) is 47.4 Å². The summed E-state index contributed by atoms with van der Waals surface area (Å²) in [4.78, 5) is 29.2. The maximum absolute atomic E-state index is 13.3. The number of fused-ring (bicyclic) bond motifs is 4. The number of carbonyl (C=O) groups is 2. The van der Waals surface area contributed by atoms with Crippen molar-refractivity contribution in [1.82, 2.24) is 15.1 Å². The van der Waals surface area contributed by atoms with Gasteiger partial charge in [0.05, 0.1) is 5.92 Å². The van der Waals surface area contributed by atoms with Crippen LogP contribution in [0.3, 0.4) is 0 Å². The van der Waals surface area contributed by atoms with Crippen molar-refractivity contribution in [3.05, 3.63) is 35.6 Å². The van der Waals surface area contributed by atoms with Crippen LogP contribution in [0.2, 0.25) is 0 Å². The van der Waals surface area contributed by atoms with E-state index in [9.17, 15) is 14.0 Å². The SMILES string of the molecule is O=C(NCc1cccc(F)c1)N1CC2CCC(C1)N(CC1CCC1)C2=O. The fraction of sp³-hybridized carbons (Fsp3) is 0.600. The Kier molecular flexibility index (Phi) is 4.83. The lowest BCUT2D eigenvalue weighted by molar-refractivity contribution is -0.141. The van der Waals surface area contributed by atoms with Gasteiger partial charge in [0, 0.05) is 32.2 Å². The van der Waals surface area contributed by atoms with Crippen LogP contribution in [0.15, 0.2) is 24.3 Å². The first kappa shape index (κ1) is 17.3.